The summed E-state index contributed by atoms with van der Waals surface area (Å²) in [6.45, 7) is 7.68. The minimum absolute atomic E-state index is 0.228. The zero-order valence-corrected chi connectivity index (χ0v) is 18.1. The van der Waals surface area contributed by atoms with Crippen molar-refractivity contribution in [3.05, 3.63) is 64.9 Å². The maximum absolute atomic E-state index is 13.7. The summed E-state index contributed by atoms with van der Waals surface area (Å²) in [4.78, 5) is 30.8. The summed E-state index contributed by atoms with van der Waals surface area (Å²) < 4.78 is 5.27. The predicted octanol–water partition coefficient (Wildman–Crippen LogP) is 4.33. The second-order valence-electron chi connectivity index (χ2n) is 8.38. The fraction of sp³-hybridized carbons (Fsp3) is 0.360. The van der Waals surface area contributed by atoms with Gasteiger partial charge in [0.05, 0.1) is 18.4 Å². The summed E-state index contributed by atoms with van der Waals surface area (Å²) in [5, 5.41) is 0. The van der Waals surface area contributed by atoms with E-state index in [1.54, 1.807) is 7.11 Å². The first kappa shape index (κ1) is 20.2. The predicted molar refractivity (Wildman–Crippen MR) is 118 cm³/mol. The van der Waals surface area contributed by atoms with E-state index in [0.717, 1.165) is 48.4 Å². The first-order chi connectivity index (χ1) is 14.4. The minimum atomic E-state index is -0.257. The molecule has 0 aromatic heterocycles. The lowest BCUT2D eigenvalue weighted by Gasteiger charge is -2.33. The number of piperidine rings is 1. The van der Waals surface area contributed by atoms with Crippen LogP contribution in [-0.4, -0.2) is 36.9 Å². The second-order valence-corrected chi connectivity index (χ2v) is 8.38. The number of anilines is 1. The summed E-state index contributed by atoms with van der Waals surface area (Å²) in [6.07, 6.45) is 2.16. The molecule has 156 valence electrons. The molecule has 0 bridgehead atoms. The smallest absolute Gasteiger partial charge is 0.282 e. The molecule has 5 nitrogen and oxygen atoms in total. The Labute approximate surface area is 177 Å². The molecule has 1 saturated heterocycles. The first-order valence-electron chi connectivity index (χ1n) is 10.5. The summed E-state index contributed by atoms with van der Waals surface area (Å²) in [5.74, 6) is 0.720. The van der Waals surface area contributed by atoms with Gasteiger partial charge < -0.3 is 9.64 Å². The Balaban J connectivity index is 1.84. The van der Waals surface area contributed by atoms with Crippen LogP contribution in [0.1, 0.15) is 36.5 Å². The van der Waals surface area contributed by atoms with Gasteiger partial charge in [-0.3, -0.25) is 9.59 Å². The molecule has 2 aliphatic rings. The van der Waals surface area contributed by atoms with Crippen LogP contribution in [0.3, 0.4) is 0 Å². The lowest BCUT2D eigenvalue weighted by molar-refractivity contribution is -0.120. The third-order valence-corrected chi connectivity index (χ3v) is 6.02. The monoisotopic (exact) mass is 404 g/mol. The van der Waals surface area contributed by atoms with E-state index in [1.807, 2.05) is 56.3 Å². The number of hydrogen-bond acceptors (Lipinski definition) is 4. The maximum atomic E-state index is 13.7. The molecule has 2 heterocycles. The van der Waals surface area contributed by atoms with Crippen LogP contribution < -0.4 is 9.64 Å². The highest BCUT2D eigenvalue weighted by Gasteiger charge is 2.43. The Kier molecular flexibility index (Phi) is 5.37. The fourth-order valence-corrected chi connectivity index (χ4v) is 4.40. The lowest BCUT2D eigenvalue weighted by Crippen LogP contribution is -2.39. The molecule has 0 aliphatic carbocycles. The van der Waals surface area contributed by atoms with E-state index < -0.39 is 0 Å². The summed E-state index contributed by atoms with van der Waals surface area (Å²) in [7, 11) is 1.61. The number of ether oxygens (including phenoxy) is 1. The molecule has 5 heteroatoms. The van der Waals surface area contributed by atoms with Crippen LogP contribution in [0.15, 0.2) is 48.2 Å². The zero-order valence-electron chi connectivity index (χ0n) is 18.1. The Morgan fingerprint density at radius 1 is 1.00 bits per heavy atom. The molecule has 4 rings (SSSR count). The van der Waals surface area contributed by atoms with E-state index in [4.69, 9.17) is 4.74 Å². The van der Waals surface area contributed by atoms with Gasteiger partial charge in [-0.2, -0.15) is 0 Å². The highest BCUT2D eigenvalue weighted by molar-refractivity contribution is 6.45. The molecule has 1 unspecified atom stereocenters. The van der Waals surface area contributed by atoms with Crippen molar-refractivity contribution in [2.75, 3.05) is 25.1 Å². The van der Waals surface area contributed by atoms with Crippen LogP contribution in [0.25, 0.3) is 5.57 Å². The van der Waals surface area contributed by atoms with E-state index in [-0.39, 0.29) is 11.8 Å². The number of benzene rings is 2. The molecular formula is C25H28N2O3. The van der Waals surface area contributed by atoms with Crippen LogP contribution >= 0.6 is 0 Å². The number of amides is 2. The number of carbonyl (C=O) groups is 2. The van der Waals surface area contributed by atoms with Crippen LogP contribution in [0, 0.1) is 19.8 Å². The van der Waals surface area contributed by atoms with Crippen LogP contribution in [0.2, 0.25) is 0 Å². The normalized spacial score (nSPS) is 19.7. The third-order valence-electron chi connectivity index (χ3n) is 6.02. The zero-order chi connectivity index (χ0) is 21.4. The summed E-state index contributed by atoms with van der Waals surface area (Å²) in [5.41, 5.74) is 4.34. The molecule has 2 amide bonds. The van der Waals surface area contributed by atoms with Crippen molar-refractivity contribution < 1.29 is 14.3 Å². The molecule has 2 aromatic rings. The number of rotatable bonds is 4. The number of hydrogen-bond donors (Lipinski definition) is 0. The average molecular weight is 405 g/mol. The molecule has 0 N–H and O–H groups in total. The van der Waals surface area contributed by atoms with Crippen molar-refractivity contribution in [3.63, 3.8) is 0 Å². The standard InChI is InChI=1S/C25H28N2O3/c1-16-7-8-18(3)21(14-16)27-24(28)22(19-9-11-20(30-4)12-10-19)23(25(27)29)26-13-5-6-17(2)15-26/h7-12,14,17H,5-6,13,15H2,1-4H3. The molecule has 30 heavy (non-hydrogen) atoms. The van der Waals surface area contributed by atoms with Crippen LogP contribution in [0.4, 0.5) is 5.69 Å². The lowest BCUT2D eigenvalue weighted by atomic mass is 9.97. The van der Waals surface area contributed by atoms with Gasteiger partial charge in [-0.25, -0.2) is 4.90 Å². The summed E-state index contributed by atoms with van der Waals surface area (Å²) in [6, 6.07) is 13.2. The van der Waals surface area contributed by atoms with Crippen molar-refractivity contribution >= 4 is 23.1 Å². The molecular weight excluding hydrogens is 376 g/mol. The summed E-state index contributed by atoms with van der Waals surface area (Å²) >= 11 is 0. The topological polar surface area (TPSA) is 49.9 Å². The van der Waals surface area contributed by atoms with Crippen LogP contribution in [-0.2, 0) is 9.59 Å². The van der Waals surface area contributed by atoms with Gasteiger partial charge in [0.1, 0.15) is 11.4 Å². The van der Waals surface area contributed by atoms with E-state index in [2.05, 4.69) is 11.8 Å². The van der Waals surface area contributed by atoms with Gasteiger partial charge in [-0.05, 0) is 67.5 Å². The highest BCUT2D eigenvalue weighted by Crippen LogP contribution is 2.38. The fourth-order valence-electron chi connectivity index (χ4n) is 4.40. The molecule has 0 radical (unpaired) electrons. The van der Waals surface area contributed by atoms with Crippen molar-refractivity contribution in [2.24, 2.45) is 5.92 Å². The minimum Gasteiger partial charge on any atom is -0.497 e. The van der Waals surface area contributed by atoms with Crippen molar-refractivity contribution in [1.82, 2.24) is 4.90 Å². The number of methoxy groups -OCH3 is 1. The molecule has 1 fully saturated rings. The van der Waals surface area contributed by atoms with E-state index in [9.17, 15) is 9.59 Å². The first-order valence-corrected chi connectivity index (χ1v) is 10.5. The Morgan fingerprint density at radius 2 is 1.73 bits per heavy atom. The van der Waals surface area contributed by atoms with Gasteiger partial charge in [0.25, 0.3) is 11.8 Å². The SMILES string of the molecule is COc1ccc(C2=C(N3CCCC(C)C3)C(=O)N(c3cc(C)ccc3C)C2=O)cc1. The highest BCUT2D eigenvalue weighted by atomic mass is 16.5. The maximum Gasteiger partial charge on any atom is 0.282 e. The Morgan fingerprint density at radius 3 is 2.40 bits per heavy atom. The van der Waals surface area contributed by atoms with E-state index in [0.29, 0.717) is 22.9 Å². The van der Waals surface area contributed by atoms with Gasteiger partial charge in [-0.1, -0.05) is 31.2 Å². The number of aryl methyl sites for hydroxylation is 2. The van der Waals surface area contributed by atoms with Crippen molar-refractivity contribution in [1.29, 1.82) is 0 Å². The van der Waals surface area contributed by atoms with Gasteiger partial charge >= 0.3 is 0 Å². The van der Waals surface area contributed by atoms with Gasteiger partial charge in [0.15, 0.2) is 0 Å². The van der Waals surface area contributed by atoms with Crippen LogP contribution in [0.5, 0.6) is 5.75 Å². The van der Waals surface area contributed by atoms with E-state index >= 15 is 0 Å². The molecule has 2 aliphatic heterocycles. The van der Waals surface area contributed by atoms with Crippen molar-refractivity contribution in [2.45, 2.75) is 33.6 Å². The number of nitrogens with zero attached hydrogens (tertiary/aromatic N) is 2. The number of imide groups is 1. The van der Waals surface area contributed by atoms with Gasteiger partial charge in [-0.15, -0.1) is 0 Å². The third kappa shape index (κ3) is 3.49. The largest absolute Gasteiger partial charge is 0.497 e. The quantitative estimate of drug-likeness (QED) is 0.712. The van der Waals surface area contributed by atoms with E-state index in [1.165, 1.54) is 4.90 Å². The Hall–Kier alpha value is -3.08. The van der Waals surface area contributed by atoms with Gasteiger partial charge in [0.2, 0.25) is 0 Å². The molecule has 0 saturated carbocycles. The second kappa shape index (κ2) is 7.98. The average Bonchev–Trinajstić information content (AvgIpc) is 3.00. The van der Waals surface area contributed by atoms with Crippen molar-refractivity contribution in [3.8, 4) is 5.75 Å². The number of carbonyl (C=O) groups excluding carboxylic acids is 2. The Bertz CT molecular complexity index is 1020. The molecule has 0 spiro atoms. The molecule has 1 atom stereocenters. The molecule has 2 aromatic carbocycles. The van der Waals surface area contributed by atoms with Gasteiger partial charge in [0, 0.05) is 13.1 Å². The number of likely N-dealkylation sites (tertiary alicyclic amines) is 1.